The van der Waals surface area contributed by atoms with E-state index in [0.29, 0.717) is 33.9 Å². The number of rotatable bonds is 0. The van der Waals surface area contributed by atoms with Crippen LogP contribution < -0.4 is 5.32 Å². The third-order valence-corrected chi connectivity index (χ3v) is 6.58. The molecule has 0 saturated carbocycles. The van der Waals surface area contributed by atoms with Crippen LogP contribution in [0.5, 0.6) is 0 Å². The quantitative estimate of drug-likeness (QED) is 0.754. The number of hydrogen-bond acceptors (Lipinski definition) is 7. The fraction of sp³-hybridized carbons (Fsp3) is 0.267. The Bertz CT molecular complexity index is 769. The summed E-state index contributed by atoms with van der Waals surface area (Å²) in [5.41, 5.74) is 0.602. The van der Waals surface area contributed by atoms with E-state index in [2.05, 4.69) is 10.3 Å². The molecule has 0 amide bonds. The topological polar surface area (TPSA) is 80.2 Å². The van der Waals surface area contributed by atoms with Gasteiger partial charge in [0.15, 0.2) is 0 Å². The van der Waals surface area contributed by atoms with Crippen LogP contribution in [0.15, 0.2) is 40.2 Å². The standard InChI is InChI=1S/C15H14ClN3O4S/c16-10-1-2-11-12(9-10)24(22-13(20)3-4-14(21)23-24)15(18-11)19-7-5-17-6-8-19/h1-4,9,17H,5-8H2. The second-order valence-corrected chi connectivity index (χ2v) is 7.97. The van der Waals surface area contributed by atoms with Crippen molar-refractivity contribution < 1.29 is 18.0 Å². The minimum Gasteiger partial charge on any atom is -0.339 e. The molecule has 0 unspecified atom stereocenters. The Morgan fingerprint density at radius 3 is 2.46 bits per heavy atom. The van der Waals surface area contributed by atoms with E-state index in [1.807, 2.05) is 4.90 Å². The Kier molecular flexibility index (Phi) is 3.75. The lowest BCUT2D eigenvalue weighted by Crippen LogP contribution is -2.47. The van der Waals surface area contributed by atoms with Crippen molar-refractivity contribution >= 4 is 45.0 Å². The first-order chi connectivity index (χ1) is 11.6. The number of amidine groups is 1. The number of nitrogens with one attached hydrogen (secondary N) is 1. The molecule has 3 aliphatic rings. The first kappa shape index (κ1) is 15.5. The van der Waals surface area contributed by atoms with Crippen molar-refractivity contribution in [1.29, 1.82) is 0 Å². The van der Waals surface area contributed by atoms with Crippen molar-refractivity contribution in [2.75, 3.05) is 26.2 Å². The van der Waals surface area contributed by atoms with Crippen LogP contribution in [0.4, 0.5) is 5.69 Å². The molecule has 0 aromatic heterocycles. The summed E-state index contributed by atoms with van der Waals surface area (Å²) in [5.74, 6) is -1.27. The highest BCUT2D eigenvalue weighted by Crippen LogP contribution is 2.67. The third kappa shape index (κ3) is 2.47. The molecule has 1 aromatic rings. The van der Waals surface area contributed by atoms with Crippen LogP contribution in [0, 0.1) is 0 Å². The monoisotopic (exact) mass is 367 g/mol. The van der Waals surface area contributed by atoms with E-state index in [-0.39, 0.29) is 0 Å². The summed E-state index contributed by atoms with van der Waals surface area (Å²) in [6.07, 6.45) is 2.14. The number of fused-ring (bicyclic) bond motifs is 2. The molecule has 1 N–H and O–H groups in total. The number of hydrogen-bond donors (Lipinski definition) is 1. The van der Waals surface area contributed by atoms with Gasteiger partial charge in [-0.25, -0.2) is 14.6 Å². The molecule has 0 aliphatic carbocycles. The van der Waals surface area contributed by atoms with Crippen LogP contribution in [-0.2, 0) is 18.0 Å². The molecule has 1 fully saturated rings. The van der Waals surface area contributed by atoms with Crippen LogP contribution in [0.25, 0.3) is 0 Å². The van der Waals surface area contributed by atoms with Gasteiger partial charge in [-0.15, -0.1) is 0 Å². The highest BCUT2D eigenvalue weighted by atomic mass is 35.5. The SMILES string of the molecule is O=C1C=CC(=O)OS2(O1)C(N1CCNCC1)=Nc1ccc(Cl)cc12. The fourth-order valence-corrected chi connectivity index (χ4v) is 5.54. The maximum Gasteiger partial charge on any atom is 0.354 e. The van der Waals surface area contributed by atoms with Crippen molar-refractivity contribution in [3.63, 3.8) is 0 Å². The molecule has 24 heavy (non-hydrogen) atoms. The van der Waals surface area contributed by atoms with Gasteiger partial charge < -0.3 is 18.6 Å². The second kappa shape index (κ2) is 5.80. The Hall–Kier alpha value is -2.03. The lowest BCUT2D eigenvalue weighted by Gasteiger charge is -2.42. The summed E-state index contributed by atoms with van der Waals surface area (Å²) >= 11 is 6.12. The van der Waals surface area contributed by atoms with Crippen LogP contribution in [0.3, 0.4) is 0 Å². The van der Waals surface area contributed by atoms with E-state index in [1.54, 1.807) is 18.2 Å². The molecule has 126 valence electrons. The summed E-state index contributed by atoms with van der Waals surface area (Å²) < 4.78 is 11.3. The molecule has 4 rings (SSSR count). The summed E-state index contributed by atoms with van der Waals surface area (Å²) in [6, 6.07) is 5.09. The van der Waals surface area contributed by atoms with Gasteiger partial charge in [-0.2, -0.15) is 0 Å². The number of carbonyl (C=O) groups excluding carboxylic acids is 2. The molecule has 1 saturated heterocycles. The molecule has 3 heterocycles. The average Bonchev–Trinajstić information content (AvgIpc) is 2.77. The number of carbonyl (C=O) groups is 2. The smallest absolute Gasteiger partial charge is 0.339 e. The molecule has 3 aliphatic heterocycles. The van der Waals surface area contributed by atoms with Gasteiger partial charge >= 0.3 is 11.9 Å². The zero-order chi connectivity index (χ0) is 16.7. The van der Waals surface area contributed by atoms with E-state index in [9.17, 15) is 9.59 Å². The molecule has 0 bridgehead atoms. The minimum atomic E-state index is -2.82. The van der Waals surface area contributed by atoms with E-state index < -0.39 is 22.5 Å². The van der Waals surface area contributed by atoms with E-state index >= 15 is 0 Å². The first-order valence-corrected chi connectivity index (χ1v) is 9.27. The minimum absolute atomic E-state index is 0.460. The highest BCUT2D eigenvalue weighted by Gasteiger charge is 2.46. The van der Waals surface area contributed by atoms with Gasteiger partial charge in [-0.3, -0.25) is 0 Å². The Morgan fingerprint density at radius 1 is 1.12 bits per heavy atom. The third-order valence-electron chi connectivity index (χ3n) is 3.81. The Morgan fingerprint density at radius 2 is 1.79 bits per heavy atom. The zero-order valence-corrected chi connectivity index (χ0v) is 14.1. The molecular weight excluding hydrogens is 354 g/mol. The number of halogens is 1. The fourth-order valence-electron chi connectivity index (χ4n) is 2.76. The zero-order valence-electron chi connectivity index (χ0n) is 12.5. The molecule has 0 atom stereocenters. The lowest BCUT2D eigenvalue weighted by atomic mass is 10.3. The predicted molar refractivity (Wildman–Crippen MR) is 90.2 cm³/mol. The number of benzene rings is 1. The van der Waals surface area contributed by atoms with Crippen molar-refractivity contribution in [2.24, 2.45) is 4.99 Å². The number of piperazine rings is 1. The number of aliphatic imine (C=N–C) groups is 1. The normalized spacial score (nSPS) is 23.2. The summed E-state index contributed by atoms with van der Waals surface area (Å²) in [6.45, 7) is 2.90. The molecule has 1 aromatic carbocycles. The van der Waals surface area contributed by atoms with Crippen molar-refractivity contribution in [1.82, 2.24) is 10.2 Å². The van der Waals surface area contributed by atoms with Gasteiger partial charge in [0, 0.05) is 43.4 Å². The van der Waals surface area contributed by atoms with Gasteiger partial charge in [0.25, 0.3) is 0 Å². The summed E-state index contributed by atoms with van der Waals surface area (Å²) in [4.78, 5) is 31.3. The van der Waals surface area contributed by atoms with Crippen molar-refractivity contribution in [3.8, 4) is 0 Å². The number of nitrogens with zero attached hydrogens (tertiary/aromatic N) is 2. The molecule has 0 radical (unpaired) electrons. The van der Waals surface area contributed by atoms with Crippen LogP contribution in [0.1, 0.15) is 0 Å². The van der Waals surface area contributed by atoms with Gasteiger partial charge in [0.1, 0.15) is 4.90 Å². The Labute approximate surface area is 145 Å². The van der Waals surface area contributed by atoms with Crippen molar-refractivity contribution in [3.05, 3.63) is 35.4 Å². The van der Waals surface area contributed by atoms with Gasteiger partial charge in [0.05, 0.1) is 5.69 Å². The summed E-state index contributed by atoms with van der Waals surface area (Å²) in [5, 5.41) is 4.19. The molecule has 9 heteroatoms. The van der Waals surface area contributed by atoms with E-state index in [0.717, 1.165) is 25.2 Å². The lowest BCUT2D eigenvalue weighted by molar-refractivity contribution is -0.129. The van der Waals surface area contributed by atoms with Crippen LogP contribution in [0.2, 0.25) is 5.02 Å². The molecular formula is C15H14ClN3O4S. The second-order valence-electron chi connectivity index (χ2n) is 5.38. The van der Waals surface area contributed by atoms with Gasteiger partial charge in [0.2, 0.25) is 5.17 Å². The van der Waals surface area contributed by atoms with Crippen LogP contribution in [-0.4, -0.2) is 48.2 Å². The summed E-state index contributed by atoms with van der Waals surface area (Å²) in [7, 11) is -2.82. The Balaban J connectivity index is 1.86. The van der Waals surface area contributed by atoms with Gasteiger partial charge in [-0.1, -0.05) is 11.6 Å². The van der Waals surface area contributed by atoms with E-state index in [1.165, 1.54) is 0 Å². The molecule has 1 spiro atoms. The van der Waals surface area contributed by atoms with Gasteiger partial charge in [-0.05, 0) is 28.8 Å². The predicted octanol–water partition coefficient (Wildman–Crippen LogP) is 1.90. The highest BCUT2D eigenvalue weighted by molar-refractivity contribution is 8.39. The first-order valence-electron chi connectivity index (χ1n) is 7.41. The van der Waals surface area contributed by atoms with Crippen LogP contribution >= 0.6 is 22.2 Å². The maximum atomic E-state index is 12.1. The largest absolute Gasteiger partial charge is 0.354 e. The average molecular weight is 368 g/mol. The maximum absolute atomic E-state index is 12.1. The van der Waals surface area contributed by atoms with E-state index in [4.69, 9.17) is 20.0 Å². The molecule has 7 nitrogen and oxygen atoms in total. The van der Waals surface area contributed by atoms with Crippen molar-refractivity contribution in [2.45, 2.75) is 4.90 Å².